The standard InChI is InChI=1S/2C8H18P.Pd/c2*1-7(2,3)9-8(4,5)6;/h2*1-6H3;/q2*-1;+4. The van der Waals surface area contributed by atoms with Crippen molar-refractivity contribution in [3.8, 4) is 0 Å². The van der Waals surface area contributed by atoms with Gasteiger partial charge in [0.2, 0.25) is 0 Å². The van der Waals surface area contributed by atoms with Gasteiger partial charge in [0.05, 0.1) is 0 Å². The van der Waals surface area contributed by atoms with Crippen molar-refractivity contribution in [1.29, 1.82) is 0 Å². The molecule has 0 N–H and O–H groups in total. The summed E-state index contributed by atoms with van der Waals surface area (Å²) in [5, 5.41) is 1.89. The predicted octanol–water partition coefficient (Wildman–Crippen LogP) is 7.06. The van der Waals surface area contributed by atoms with E-state index in [0.717, 1.165) is 16.0 Å². The molecule has 0 saturated heterocycles. The van der Waals surface area contributed by atoms with Crippen molar-refractivity contribution in [3.63, 3.8) is 0 Å². The van der Waals surface area contributed by atoms with Crippen LogP contribution in [0.1, 0.15) is 83.1 Å². The Morgan fingerprint density at radius 1 is 0.421 bits per heavy atom. The van der Waals surface area contributed by atoms with Gasteiger partial charge in [-0.2, -0.15) is 0 Å². The third-order valence-electron chi connectivity index (χ3n) is 2.32. The maximum atomic E-state index is 2.46. The van der Waals surface area contributed by atoms with Gasteiger partial charge in [0.15, 0.2) is 0 Å². The summed E-state index contributed by atoms with van der Waals surface area (Å²) in [6.45, 7) is 29.5. The molecule has 118 valence electrons. The van der Waals surface area contributed by atoms with Crippen LogP contribution in [0.2, 0.25) is 0 Å². The molecular formula is C16H36P2Pd+2. The molecule has 0 unspecified atom stereocenters. The van der Waals surface area contributed by atoms with Crippen molar-refractivity contribution in [2.24, 2.45) is 0 Å². The Hall–Kier alpha value is 1.26. The molecule has 0 heterocycles. The van der Waals surface area contributed by atoms with Gasteiger partial charge in [0.1, 0.15) is 0 Å². The van der Waals surface area contributed by atoms with Crippen molar-refractivity contribution >= 4 is 11.3 Å². The van der Waals surface area contributed by atoms with E-state index in [1.54, 1.807) is 0 Å². The first-order chi connectivity index (χ1) is 7.97. The SMILES string of the molecule is CC(C)(C)[P+](=[Pd]=[P+](C(C)(C)C)C(C)(C)C)C(C)(C)C. The van der Waals surface area contributed by atoms with Gasteiger partial charge in [-0.3, -0.25) is 0 Å². The topological polar surface area (TPSA) is 0 Å². The van der Waals surface area contributed by atoms with Gasteiger partial charge in [0.25, 0.3) is 0 Å². The molecule has 0 rings (SSSR count). The van der Waals surface area contributed by atoms with Crippen molar-refractivity contribution in [3.05, 3.63) is 0 Å². The van der Waals surface area contributed by atoms with Crippen LogP contribution in [0.5, 0.6) is 0 Å². The predicted molar refractivity (Wildman–Crippen MR) is 92.9 cm³/mol. The zero-order valence-corrected chi connectivity index (χ0v) is 18.6. The monoisotopic (exact) mass is 396 g/mol. The Morgan fingerprint density at radius 3 is 0.684 bits per heavy atom. The van der Waals surface area contributed by atoms with Crippen molar-refractivity contribution < 1.29 is 16.0 Å². The first-order valence-corrected chi connectivity index (χ1v) is 13.7. The quantitative estimate of drug-likeness (QED) is 0.304. The average Bonchev–Trinajstić information content (AvgIpc) is 1.91. The Morgan fingerprint density at radius 2 is 0.579 bits per heavy atom. The third kappa shape index (κ3) is 6.70. The van der Waals surface area contributed by atoms with Crippen molar-refractivity contribution in [2.75, 3.05) is 0 Å². The van der Waals surface area contributed by atoms with E-state index < -0.39 is 0 Å². The summed E-state index contributed by atoms with van der Waals surface area (Å²) >= 11 is 0.910. The third-order valence-corrected chi connectivity index (χ3v) is 25.8. The zero-order valence-electron chi connectivity index (χ0n) is 15.2. The fourth-order valence-corrected chi connectivity index (χ4v) is 29.6. The first-order valence-electron chi connectivity index (χ1n) is 7.18. The molecule has 0 aromatic carbocycles. The van der Waals surface area contributed by atoms with E-state index in [4.69, 9.17) is 0 Å². The van der Waals surface area contributed by atoms with Crippen LogP contribution in [-0.4, -0.2) is 20.6 Å². The number of hydrogen-bond donors (Lipinski definition) is 0. The minimum absolute atomic E-state index is 0.0681. The molecule has 0 aliphatic rings. The van der Waals surface area contributed by atoms with E-state index in [1.165, 1.54) is 0 Å². The van der Waals surface area contributed by atoms with Crippen LogP contribution in [0.4, 0.5) is 0 Å². The van der Waals surface area contributed by atoms with Gasteiger partial charge in [-0.15, -0.1) is 0 Å². The van der Waals surface area contributed by atoms with Crippen LogP contribution in [0.15, 0.2) is 0 Å². The molecule has 0 saturated carbocycles. The summed E-state index contributed by atoms with van der Waals surface area (Å²) in [5.74, 6) is 0. The zero-order chi connectivity index (χ0) is 15.9. The second-order valence-corrected chi connectivity index (χ2v) is 23.1. The van der Waals surface area contributed by atoms with Gasteiger partial charge in [-0.1, -0.05) is 0 Å². The molecule has 0 fully saturated rings. The molecule has 0 aromatic rings. The Labute approximate surface area is 131 Å². The van der Waals surface area contributed by atoms with Gasteiger partial charge in [-0.05, 0) is 0 Å². The summed E-state index contributed by atoms with van der Waals surface area (Å²) in [4.78, 5) is 0. The summed E-state index contributed by atoms with van der Waals surface area (Å²) in [7, 11) is 0. The summed E-state index contributed by atoms with van der Waals surface area (Å²) in [6, 6.07) is 0. The molecule has 0 nitrogen and oxygen atoms in total. The van der Waals surface area contributed by atoms with Crippen molar-refractivity contribution in [1.82, 2.24) is 0 Å². The van der Waals surface area contributed by atoms with E-state index in [9.17, 15) is 0 Å². The van der Waals surface area contributed by atoms with Gasteiger partial charge < -0.3 is 0 Å². The molecule has 0 spiro atoms. The van der Waals surface area contributed by atoms with E-state index in [1.807, 2.05) is 0 Å². The van der Waals surface area contributed by atoms with E-state index in [-0.39, 0.29) is 11.3 Å². The molecule has 0 amide bonds. The normalized spacial score (nSPS) is 14.7. The van der Waals surface area contributed by atoms with E-state index >= 15 is 0 Å². The molecule has 0 bridgehead atoms. The summed E-state index contributed by atoms with van der Waals surface area (Å²) < 4.78 is 0. The fraction of sp³-hybridized carbons (Fsp3) is 1.00. The fourth-order valence-electron chi connectivity index (χ4n) is 2.46. The van der Waals surface area contributed by atoms with Crippen LogP contribution < -0.4 is 0 Å². The minimum atomic E-state index is 0.0681. The summed E-state index contributed by atoms with van der Waals surface area (Å²) in [6.07, 6.45) is 0. The van der Waals surface area contributed by atoms with Crippen molar-refractivity contribution in [2.45, 2.75) is 104 Å². The number of rotatable bonds is 0. The van der Waals surface area contributed by atoms with Crippen LogP contribution in [0.25, 0.3) is 0 Å². The van der Waals surface area contributed by atoms with Gasteiger partial charge in [0, 0.05) is 0 Å². The molecule has 0 aliphatic heterocycles. The molecule has 0 aromatic heterocycles. The number of hydrogen-bond acceptors (Lipinski definition) is 0. The van der Waals surface area contributed by atoms with Crippen LogP contribution in [0.3, 0.4) is 0 Å². The average molecular weight is 397 g/mol. The van der Waals surface area contributed by atoms with E-state index in [0.29, 0.717) is 20.6 Å². The second kappa shape index (κ2) is 6.17. The Balaban J connectivity index is 6.49. The Kier molecular flexibility index (Phi) is 6.58. The first kappa shape index (κ1) is 20.3. The molecule has 3 heteroatoms. The molecule has 19 heavy (non-hydrogen) atoms. The van der Waals surface area contributed by atoms with Crippen LogP contribution in [0, 0.1) is 0 Å². The van der Waals surface area contributed by atoms with Gasteiger partial charge >= 0.3 is 131 Å². The maximum absolute atomic E-state index is 2.46. The molecule has 0 atom stereocenters. The van der Waals surface area contributed by atoms with Crippen LogP contribution >= 0.6 is 11.3 Å². The molecular weight excluding hydrogens is 361 g/mol. The second-order valence-electron chi connectivity index (χ2n) is 9.25. The van der Waals surface area contributed by atoms with Crippen LogP contribution in [-0.2, 0) is 16.0 Å². The Bertz CT molecular complexity index is 318. The molecule has 0 aliphatic carbocycles. The van der Waals surface area contributed by atoms with Gasteiger partial charge in [-0.25, -0.2) is 0 Å². The van der Waals surface area contributed by atoms with E-state index in [2.05, 4.69) is 83.1 Å². The summed E-state index contributed by atoms with van der Waals surface area (Å²) in [5.41, 5.74) is 0.136. The molecule has 0 radical (unpaired) electrons.